The van der Waals surface area contributed by atoms with Crippen molar-refractivity contribution in [1.29, 1.82) is 0 Å². The molecule has 2 aromatic rings. The fourth-order valence-electron chi connectivity index (χ4n) is 1.90. The topological polar surface area (TPSA) is 68.3 Å². The number of nitrogens with one attached hydrogen (secondary N) is 1. The van der Waals surface area contributed by atoms with E-state index >= 15 is 0 Å². The molecule has 1 N–H and O–H groups in total. The maximum atomic E-state index is 12.2. The van der Waals surface area contributed by atoms with Gasteiger partial charge in [0.2, 0.25) is 0 Å². The third kappa shape index (κ3) is 2.93. The number of carbonyl (C=O) groups is 2. The van der Waals surface area contributed by atoms with Gasteiger partial charge in [-0.3, -0.25) is 9.78 Å². The Bertz CT molecular complexity index is 635. The third-order valence-corrected chi connectivity index (χ3v) is 2.88. The predicted octanol–water partition coefficient (Wildman–Crippen LogP) is 1.92. The van der Waals surface area contributed by atoms with Crippen molar-refractivity contribution in [3.05, 3.63) is 42.1 Å². The molecule has 0 spiro atoms. The number of esters is 1. The van der Waals surface area contributed by atoms with E-state index in [0.717, 1.165) is 10.9 Å². The van der Waals surface area contributed by atoms with Gasteiger partial charge < -0.3 is 10.1 Å². The number of ether oxygens (including phenoxy) is 1. The second kappa shape index (κ2) is 6.14. The first-order valence-corrected chi connectivity index (χ1v) is 6.44. The lowest BCUT2D eigenvalue weighted by Gasteiger charge is -2.13. The van der Waals surface area contributed by atoms with Gasteiger partial charge in [0.1, 0.15) is 6.04 Å². The van der Waals surface area contributed by atoms with Crippen LogP contribution in [0.3, 0.4) is 0 Å². The van der Waals surface area contributed by atoms with Crippen molar-refractivity contribution in [3.8, 4) is 0 Å². The summed E-state index contributed by atoms with van der Waals surface area (Å²) in [5.41, 5.74) is 1.23. The molecule has 1 heterocycles. The van der Waals surface area contributed by atoms with Gasteiger partial charge in [0.15, 0.2) is 0 Å². The summed E-state index contributed by atoms with van der Waals surface area (Å²) in [5, 5.41) is 3.38. The van der Waals surface area contributed by atoms with E-state index in [2.05, 4.69) is 10.3 Å². The van der Waals surface area contributed by atoms with E-state index in [1.54, 1.807) is 38.2 Å². The number of hydrogen-bond acceptors (Lipinski definition) is 4. The molecule has 104 valence electrons. The summed E-state index contributed by atoms with van der Waals surface area (Å²) in [6.45, 7) is 3.61. The first-order valence-electron chi connectivity index (χ1n) is 6.44. The number of carbonyl (C=O) groups excluding carboxylic acids is 2. The SMILES string of the molecule is CCOC(=O)C(C)NC(=O)c1cccc2ncccc12. The zero-order chi connectivity index (χ0) is 14.5. The quantitative estimate of drug-likeness (QED) is 0.863. The number of nitrogens with zero attached hydrogens (tertiary/aromatic N) is 1. The lowest BCUT2D eigenvalue weighted by Crippen LogP contribution is -2.39. The first-order chi connectivity index (χ1) is 9.63. The van der Waals surface area contributed by atoms with Crippen LogP contribution in [-0.2, 0) is 9.53 Å². The number of hydrogen-bond donors (Lipinski definition) is 1. The highest BCUT2D eigenvalue weighted by Gasteiger charge is 2.18. The third-order valence-electron chi connectivity index (χ3n) is 2.88. The summed E-state index contributed by atoms with van der Waals surface area (Å²) in [6, 6.07) is 8.21. The van der Waals surface area contributed by atoms with Crippen molar-refractivity contribution in [2.75, 3.05) is 6.61 Å². The summed E-state index contributed by atoms with van der Waals surface area (Å²) in [7, 11) is 0. The van der Waals surface area contributed by atoms with Crippen LogP contribution in [0.25, 0.3) is 10.9 Å². The average Bonchev–Trinajstić information content (AvgIpc) is 2.46. The van der Waals surface area contributed by atoms with Gasteiger partial charge in [-0.05, 0) is 32.0 Å². The molecule has 5 heteroatoms. The normalized spacial score (nSPS) is 11.9. The van der Waals surface area contributed by atoms with E-state index in [1.165, 1.54) is 0 Å². The van der Waals surface area contributed by atoms with Gasteiger partial charge in [-0.15, -0.1) is 0 Å². The Hall–Kier alpha value is -2.43. The summed E-state index contributed by atoms with van der Waals surface area (Å²) >= 11 is 0. The van der Waals surface area contributed by atoms with E-state index < -0.39 is 12.0 Å². The van der Waals surface area contributed by atoms with Crippen LogP contribution in [0.15, 0.2) is 36.5 Å². The maximum Gasteiger partial charge on any atom is 0.328 e. The molecular weight excluding hydrogens is 256 g/mol. The second-order valence-corrected chi connectivity index (χ2v) is 4.32. The van der Waals surface area contributed by atoms with Crippen molar-refractivity contribution >= 4 is 22.8 Å². The fraction of sp³-hybridized carbons (Fsp3) is 0.267. The molecule has 0 saturated heterocycles. The number of pyridine rings is 1. The number of rotatable bonds is 4. The molecule has 0 fully saturated rings. The van der Waals surface area contributed by atoms with Crippen molar-refractivity contribution in [3.63, 3.8) is 0 Å². The van der Waals surface area contributed by atoms with Crippen LogP contribution in [0.4, 0.5) is 0 Å². The van der Waals surface area contributed by atoms with E-state index in [0.29, 0.717) is 5.56 Å². The minimum Gasteiger partial charge on any atom is -0.464 e. The Labute approximate surface area is 117 Å². The summed E-state index contributed by atoms with van der Waals surface area (Å²) in [4.78, 5) is 28.0. The van der Waals surface area contributed by atoms with Gasteiger partial charge in [-0.2, -0.15) is 0 Å². The van der Waals surface area contributed by atoms with E-state index in [4.69, 9.17) is 4.74 Å². The Morgan fingerprint density at radius 2 is 2.10 bits per heavy atom. The van der Waals surface area contributed by atoms with Gasteiger partial charge in [-0.1, -0.05) is 12.1 Å². The van der Waals surface area contributed by atoms with Crippen molar-refractivity contribution < 1.29 is 14.3 Å². The molecular formula is C15H16N2O3. The van der Waals surface area contributed by atoms with Gasteiger partial charge in [-0.25, -0.2) is 4.79 Å². The smallest absolute Gasteiger partial charge is 0.328 e. The fourth-order valence-corrected chi connectivity index (χ4v) is 1.90. The van der Waals surface area contributed by atoms with Crippen LogP contribution >= 0.6 is 0 Å². The molecule has 0 aliphatic rings. The van der Waals surface area contributed by atoms with Crippen molar-refractivity contribution in [2.45, 2.75) is 19.9 Å². The molecule has 1 unspecified atom stereocenters. The Morgan fingerprint density at radius 1 is 1.30 bits per heavy atom. The zero-order valence-corrected chi connectivity index (χ0v) is 11.4. The van der Waals surface area contributed by atoms with Crippen LogP contribution < -0.4 is 5.32 Å². The van der Waals surface area contributed by atoms with Gasteiger partial charge in [0.05, 0.1) is 12.1 Å². The Balaban J connectivity index is 2.22. The molecule has 0 bridgehead atoms. The number of amides is 1. The first kappa shape index (κ1) is 14.0. The molecule has 5 nitrogen and oxygen atoms in total. The molecule has 0 saturated carbocycles. The van der Waals surface area contributed by atoms with Crippen LogP contribution in [0.1, 0.15) is 24.2 Å². The molecule has 0 radical (unpaired) electrons. The van der Waals surface area contributed by atoms with E-state index in [-0.39, 0.29) is 12.5 Å². The van der Waals surface area contributed by atoms with Crippen LogP contribution in [0.5, 0.6) is 0 Å². The maximum absolute atomic E-state index is 12.2. The van der Waals surface area contributed by atoms with Gasteiger partial charge in [0.25, 0.3) is 5.91 Å². The monoisotopic (exact) mass is 272 g/mol. The minimum absolute atomic E-state index is 0.289. The number of fused-ring (bicyclic) bond motifs is 1. The number of benzene rings is 1. The zero-order valence-electron chi connectivity index (χ0n) is 11.4. The predicted molar refractivity (Wildman–Crippen MR) is 75.3 cm³/mol. The lowest BCUT2D eigenvalue weighted by atomic mass is 10.1. The van der Waals surface area contributed by atoms with Gasteiger partial charge in [0, 0.05) is 17.1 Å². The molecule has 1 aromatic carbocycles. The average molecular weight is 272 g/mol. The molecule has 0 aliphatic heterocycles. The largest absolute Gasteiger partial charge is 0.464 e. The number of aromatic nitrogens is 1. The van der Waals surface area contributed by atoms with Crippen LogP contribution in [-0.4, -0.2) is 29.5 Å². The molecule has 2 rings (SSSR count). The highest BCUT2D eigenvalue weighted by atomic mass is 16.5. The standard InChI is InChI=1S/C15H16N2O3/c1-3-20-15(19)10(2)17-14(18)12-6-4-8-13-11(12)7-5-9-16-13/h4-10H,3H2,1-2H3,(H,17,18). The Kier molecular flexibility index (Phi) is 4.30. The van der Waals surface area contributed by atoms with E-state index in [9.17, 15) is 9.59 Å². The van der Waals surface area contributed by atoms with Crippen molar-refractivity contribution in [1.82, 2.24) is 10.3 Å². The minimum atomic E-state index is -0.686. The lowest BCUT2D eigenvalue weighted by molar-refractivity contribution is -0.144. The van der Waals surface area contributed by atoms with Crippen LogP contribution in [0.2, 0.25) is 0 Å². The molecule has 1 atom stereocenters. The van der Waals surface area contributed by atoms with Crippen molar-refractivity contribution in [2.24, 2.45) is 0 Å². The van der Waals surface area contributed by atoms with E-state index in [1.807, 2.05) is 12.1 Å². The summed E-state index contributed by atoms with van der Waals surface area (Å²) in [6.07, 6.45) is 1.67. The summed E-state index contributed by atoms with van der Waals surface area (Å²) < 4.78 is 4.86. The molecule has 0 aliphatic carbocycles. The van der Waals surface area contributed by atoms with Gasteiger partial charge >= 0.3 is 5.97 Å². The molecule has 1 aromatic heterocycles. The highest BCUT2D eigenvalue weighted by molar-refractivity contribution is 6.07. The summed E-state index contributed by atoms with van der Waals surface area (Å²) in [5.74, 6) is -0.761. The second-order valence-electron chi connectivity index (χ2n) is 4.32. The van der Waals surface area contributed by atoms with Crippen LogP contribution in [0, 0.1) is 0 Å². The molecule has 20 heavy (non-hydrogen) atoms. The molecule has 1 amide bonds. The Morgan fingerprint density at radius 3 is 2.85 bits per heavy atom. The highest BCUT2D eigenvalue weighted by Crippen LogP contribution is 2.16.